The zero-order valence-corrected chi connectivity index (χ0v) is 19.2. The Morgan fingerprint density at radius 1 is 1.03 bits per heavy atom. The fraction of sp³-hybridized carbons (Fsp3) is 0.333. The van der Waals surface area contributed by atoms with E-state index in [1.807, 2.05) is 6.07 Å². The maximum atomic E-state index is 12.9. The van der Waals surface area contributed by atoms with Crippen molar-refractivity contribution in [3.05, 3.63) is 75.3 Å². The standard InChI is InChI=1S/C24H24N2O9/c1-15-8-9-18(12-20(15)26(31)32)21(27)25(19-10-11-19)24(30)35-14-34-23(29)16(2)22(28)33-13-17-6-4-3-5-7-17/h3-9,12,16,19H,10-11,13-14H2,1-2H3. The smallest absolute Gasteiger partial charge is 0.419 e. The molecule has 1 fully saturated rings. The van der Waals surface area contributed by atoms with Crippen molar-refractivity contribution in [1.82, 2.24) is 4.90 Å². The number of nitro benzene ring substituents is 1. The molecule has 1 atom stereocenters. The van der Waals surface area contributed by atoms with Crippen LogP contribution in [0.4, 0.5) is 10.5 Å². The van der Waals surface area contributed by atoms with Gasteiger partial charge in [0, 0.05) is 23.2 Å². The Kier molecular flexibility index (Phi) is 8.13. The van der Waals surface area contributed by atoms with E-state index in [0.717, 1.165) is 16.5 Å². The number of amides is 2. The molecule has 0 radical (unpaired) electrons. The summed E-state index contributed by atoms with van der Waals surface area (Å²) >= 11 is 0. The van der Waals surface area contributed by atoms with Gasteiger partial charge in [-0.25, -0.2) is 9.69 Å². The summed E-state index contributed by atoms with van der Waals surface area (Å²) in [4.78, 5) is 61.0. The summed E-state index contributed by atoms with van der Waals surface area (Å²) in [7, 11) is 0. The second kappa shape index (κ2) is 11.2. The summed E-state index contributed by atoms with van der Waals surface area (Å²) in [6.07, 6.45) is 0.0467. The van der Waals surface area contributed by atoms with Gasteiger partial charge in [0.05, 0.1) is 4.92 Å². The van der Waals surface area contributed by atoms with Crippen LogP contribution in [0.2, 0.25) is 0 Å². The molecule has 0 saturated heterocycles. The summed E-state index contributed by atoms with van der Waals surface area (Å²) in [6, 6.07) is 12.4. The van der Waals surface area contributed by atoms with E-state index in [9.17, 15) is 29.3 Å². The van der Waals surface area contributed by atoms with E-state index in [0.29, 0.717) is 18.4 Å². The highest BCUT2D eigenvalue weighted by atomic mass is 16.7. The Morgan fingerprint density at radius 3 is 2.31 bits per heavy atom. The number of ether oxygens (including phenoxy) is 3. The molecule has 0 aliphatic heterocycles. The van der Waals surface area contributed by atoms with Gasteiger partial charge in [-0.3, -0.25) is 24.5 Å². The molecule has 2 amide bonds. The minimum atomic E-state index is -1.26. The lowest BCUT2D eigenvalue weighted by Gasteiger charge is -2.20. The fourth-order valence-corrected chi connectivity index (χ4v) is 3.09. The largest absolute Gasteiger partial charge is 0.460 e. The monoisotopic (exact) mass is 484 g/mol. The van der Waals surface area contributed by atoms with Crippen LogP contribution in [-0.2, 0) is 30.4 Å². The lowest BCUT2D eigenvalue weighted by Crippen LogP contribution is -2.39. The SMILES string of the molecule is Cc1ccc(C(=O)N(C(=O)OCOC(=O)C(C)C(=O)OCc2ccccc2)C2CC2)cc1[N+](=O)[O-]. The molecule has 11 nitrogen and oxygen atoms in total. The van der Waals surface area contributed by atoms with Gasteiger partial charge in [-0.05, 0) is 38.3 Å². The first-order valence-electron chi connectivity index (χ1n) is 10.8. The van der Waals surface area contributed by atoms with Crippen LogP contribution in [0.5, 0.6) is 0 Å². The Hall–Kier alpha value is -4.28. The highest BCUT2D eigenvalue weighted by Gasteiger charge is 2.39. The van der Waals surface area contributed by atoms with Crippen molar-refractivity contribution in [3.63, 3.8) is 0 Å². The number of carbonyl (C=O) groups is 4. The average molecular weight is 484 g/mol. The van der Waals surface area contributed by atoms with E-state index < -0.39 is 47.6 Å². The van der Waals surface area contributed by atoms with Crippen molar-refractivity contribution in [3.8, 4) is 0 Å². The fourth-order valence-electron chi connectivity index (χ4n) is 3.09. The van der Waals surface area contributed by atoms with Crippen LogP contribution in [-0.4, -0.2) is 46.6 Å². The summed E-state index contributed by atoms with van der Waals surface area (Å²) < 4.78 is 14.8. The highest BCUT2D eigenvalue weighted by molar-refractivity contribution is 6.04. The van der Waals surface area contributed by atoms with Gasteiger partial charge in [0.1, 0.15) is 6.61 Å². The van der Waals surface area contributed by atoms with Gasteiger partial charge in [-0.2, -0.15) is 0 Å². The summed E-state index contributed by atoms with van der Waals surface area (Å²) in [5, 5.41) is 11.2. The van der Waals surface area contributed by atoms with Crippen LogP contribution in [0.25, 0.3) is 0 Å². The van der Waals surface area contributed by atoms with Gasteiger partial charge in [0.25, 0.3) is 11.6 Å². The number of nitro groups is 1. The molecule has 11 heteroatoms. The zero-order valence-electron chi connectivity index (χ0n) is 19.2. The lowest BCUT2D eigenvalue weighted by molar-refractivity contribution is -0.385. The molecule has 0 heterocycles. The van der Waals surface area contributed by atoms with E-state index >= 15 is 0 Å². The maximum absolute atomic E-state index is 12.9. The average Bonchev–Trinajstić information content (AvgIpc) is 3.67. The summed E-state index contributed by atoms with van der Waals surface area (Å²) in [5.41, 5.74) is 0.828. The third kappa shape index (κ3) is 6.62. The van der Waals surface area contributed by atoms with Crippen LogP contribution >= 0.6 is 0 Å². The number of rotatable bonds is 9. The molecule has 2 aromatic carbocycles. The van der Waals surface area contributed by atoms with E-state index in [4.69, 9.17) is 14.2 Å². The Balaban J connectivity index is 1.53. The molecule has 0 bridgehead atoms. The number of hydrogen-bond donors (Lipinski definition) is 0. The topological polar surface area (TPSA) is 142 Å². The molecule has 184 valence electrons. The minimum absolute atomic E-state index is 0.0120. The van der Waals surface area contributed by atoms with Gasteiger partial charge in [-0.15, -0.1) is 0 Å². The lowest BCUT2D eigenvalue weighted by atomic mass is 10.1. The predicted octanol–water partition coefficient (Wildman–Crippen LogP) is 3.52. The zero-order chi connectivity index (χ0) is 25.5. The summed E-state index contributed by atoms with van der Waals surface area (Å²) in [5.74, 6) is -3.79. The molecule has 0 spiro atoms. The van der Waals surface area contributed by atoms with E-state index in [-0.39, 0.29) is 17.9 Å². The van der Waals surface area contributed by atoms with E-state index in [1.54, 1.807) is 24.3 Å². The van der Waals surface area contributed by atoms with Crippen molar-refractivity contribution in [2.45, 2.75) is 39.3 Å². The van der Waals surface area contributed by atoms with Gasteiger partial charge in [-0.1, -0.05) is 36.4 Å². The quantitative estimate of drug-likeness (QED) is 0.172. The second-order valence-electron chi connectivity index (χ2n) is 7.97. The molecular formula is C24H24N2O9. The Morgan fingerprint density at radius 2 is 1.69 bits per heavy atom. The Bertz CT molecular complexity index is 1130. The molecule has 0 N–H and O–H groups in total. The van der Waals surface area contributed by atoms with Gasteiger partial charge < -0.3 is 14.2 Å². The number of nitrogens with zero attached hydrogens (tertiary/aromatic N) is 2. The molecule has 1 aliphatic rings. The van der Waals surface area contributed by atoms with E-state index in [2.05, 4.69) is 0 Å². The molecule has 1 unspecified atom stereocenters. The molecule has 3 rings (SSSR count). The minimum Gasteiger partial charge on any atom is -0.460 e. The number of hydrogen-bond acceptors (Lipinski definition) is 9. The molecule has 1 aliphatic carbocycles. The second-order valence-corrected chi connectivity index (χ2v) is 7.97. The first-order chi connectivity index (χ1) is 16.7. The number of carbonyl (C=O) groups excluding carboxylic acids is 4. The molecule has 1 saturated carbocycles. The van der Waals surface area contributed by atoms with E-state index in [1.165, 1.54) is 26.0 Å². The first kappa shape index (κ1) is 25.3. The van der Waals surface area contributed by atoms with Crippen LogP contribution in [0.1, 0.15) is 41.3 Å². The van der Waals surface area contributed by atoms with Crippen molar-refractivity contribution >= 4 is 29.6 Å². The van der Waals surface area contributed by atoms with Crippen LogP contribution < -0.4 is 0 Å². The van der Waals surface area contributed by atoms with Crippen LogP contribution in [0, 0.1) is 23.0 Å². The number of esters is 2. The van der Waals surface area contributed by atoms with Gasteiger partial charge in [0.15, 0.2) is 5.92 Å². The third-order valence-electron chi connectivity index (χ3n) is 5.29. The Labute approximate surface area is 200 Å². The van der Waals surface area contributed by atoms with Crippen molar-refractivity contribution < 1.29 is 38.3 Å². The molecule has 35 heavy (non-hydrogen) atoms. The van der Waals surface area contributed by atoms with Crippen molar-refractivity contribution in [2.24, 2.45) is 5.92 Å². The third-order valence-corrected chi connectivity index (χ3v) is 5.29. The molecular weight excluding hydrogens is 460 g/mol. The summed E-state index contributed by atoms with van der Waals surface area (Å²) in [6.45, 7) is 1.99. The maximum Gasteiger partial charge on any atom is 0.419 e. The molecule has 0 aromatic heterocycles. The molecule has 2 aromatic rings. The van der Waals surface area contributed by atoms with Gasteiger partial charge in [0.2, 0.25) is 6.79 Å². The predicted molar refractivity (Wildman–Crippen MR) is 120 cm³/mol. The number of imide groups is 1. The first-order valence-corrected chi connectivity index (χ1v) is 10.8. The van der Waals surface area contributed by atoms with Crippen LogP contribution in [0.15, 0.2) is 48.5 Å². The number of benzene rings is 2. The normalized spacial score (nSPS) is 13.3. The highest BCUT2D eigenvalue weighted by Crippen LogP contribution is 2.30. The number of aryl methyl sites for hydroxylation is 1. The van der Waals surface area contributed by atoms with Crippen molar-refractivity contribution in [2.75, 3.05) is 6.79 Å². The van der Waals surface area contributed by atoms with Crippen molar-refractivity contribution in [1.29, 1.82) is 0 Å². The van der Waals surface area contributed by atoms with Gasteiger partial charge >= 0.3 is 18.0 Å². The van der Waals surface area contributed by atoms with Crippen LogP contribution in [0.3, 0.4) is 0 Å².